The van der Waals surface area contributed by atoms with Gasteiger partial charge in [-0.1, -0.05) is 53.5 Å². The van der Waals surface area contributed by atoms with Gasteiger partial charge in [0.15, 0.2) is 0 Å². The number of halogens is 3. The molecule has 3 amide bonds. The molecule has 3 aromatic rings. The molecule has 0 fully saturated rings. The minimum Gasteiger partial charge on any atom is -0.467 e. The van der Waals surface area contributed by atoms with Gasteiger partial charge in [0.05, 0.1) is 20.2 Å². The molecule has 0 bridgehead atoms. The number of nitrogens with one attached hydrogen (secondary N) is 2. The van der Waals surface area contributed by atoms with Gasteiger partial charge in [0.25, 0.3) is 5.91 Å². The Labute approximate surface area is 248 Å². The van der Waals surface area contributed by atoms with Crippen LogP contribution in [-0.2, 0) is 16.1 Å². The second kappa shape index (κ2) is 14.1. The molecule has 0 aliphatic heterocycles. The number of allylic oxidation sites excluding steroid dienone is 2. The first kappa shape index (κ1) is 30.1. The maximum atomic E-state index is 13.7. The van der Waals surface area contributed by atoms with Gasteiger partial charge in [-0.05, 0) is 84.8 Å². The van der Waals surface area contributed by atoms with E-state index >= 15 is 0 Å². The van der Waals surface area contributed by atoms with Crippen LogP contribution in [0, 0.1) is 0 Å². The molecule has 0 aromatic heterocycles. The highest BCUT2D eigenvalue weighted by atomic mass is 35.5. The number of esters is 1. The van der Waals surface area contributed by atoms with Crippen molar-refractivity contribution in [3.05, 3.63) is 99.5 Å². The van der Waals surface area contributed by atoms with Crippen LogP contribution in [0.4, 0.5) is 20.6 Å². The molecule has 4 rings (SSSR count). The Kier molecular flexibility index (Phi) is 10.4. The highest BCUT2D eigenvalue weighted by Gasteiger charge is 2.20. The summed E-state index contributed by atoms with van der Waals surface area (Å²) in [6, 6.07) is 18.8. The number of nitrogens with zero attached hydrogens (tertiary/aromatic N) is 1. The Morgan fingerprint density at radius 1 is 0.976 bits per heavy atom. The summed E-state index contributed by atoms with van der Waals surface area (Å²) in [5.41, 5.74) is 4.60. The summed E-state index contributed by atoms with van der Waals surface area (Å²) in [5, 5.41) is 6.02. The summed E-state index contributed by atoms with van der Waals surface area (Å²) in [5.74, 6) is -1.59. The highest BCUT2D eigenvalue weighted by molar-refractivity contribution is 6.35. The van der Waals surface area contributed by atoms with Crippen LogP contribution in [0.1, 0.15) is 47.2 Å². The third kappa shape index (κ3) is 8.31. The first-order chi connectivity index (χ1) is 19.7. The van der Waals surface area contributed by atoms with Gasteiger partial charge < -0.3 is 15.4 Å². The lowest BCUT2D eigenvalue weighted by Gasteiger charge is -2.24. The van der Waals surface area contributed by atoms with Crippen LogP contribution in [0.2, 0.25) is 10.0 Å². The Balaban J connectivity index is 1.52. The summed E-state index contributed by atoms with van der Waals surface area (Å²) in [4.78, 5) is 38.7. The Hall–Kier alpha value is -3.88. The number of hydrogen-bond donors (Lipinski definition) is 2. The quantitative estimate of drug-likeness (QED) is 0.251. The molecule has 0 saturated carbocycles. The van der Waals surface area contributed by atoms with Crippen LogP contribution in [0.25, 0.3) is 5.57 Å². The van der Waals surface area contributed by atoms with Crippen LogP contribution in [0.5, 0.6) is 0 Å². The third-order valence-electron chi connectivity index (χ3n) is 6.66. The van der Waals surface area contributed by atoms with Crippen molar-refractivity contribution in [1.29, 1.82) is 0 Å². The predicted octanol–water partition coefficient (Wildman–Crippen LogP) is 7.43. The first-order valence-corrected chi connectivity index (χ1v) is 13.9. The highest BCUT2D eigenvalue weighted by Crippen LogP contribution is 2.29. The number of ether oxygens (including phenoxy) is 1. The standard InChI is InChI=1S/C31H30Cl2FN3O4/c1-41-30(39)28(34)18-35-29(38)23-9-7-20(8-10-23)19-37(31(40)36-26-16-24(32)15-25(33)17-26)27-13-11-22(12-14-27)21-5-3-2-4-6-21/h5,7-17,28H,2-4,6,18-19H2,1H3,(H,35,38)(H,36,40). The molecule has 10 heteroatoms. The molecule has 0 radical (unpaired) electrons. The van der Waals surface area contributed by atoms with Crippen LogP contribution in [-0.4, -0.2) is 37.7 Å². The molecule has 3 aromatic carbocycles. The van der Waals surface area contributed by atoms with Crippen molar-refractivity contribution in [1.82, 2.24) is 5.32 Å². The zero-order valence-electron chi connectivity index (χ0n) is 22.5. The molecule has 0 saturated heterocycles. The van der Waals surface area contributed by atoms with E-state index in [-0.39, 0.29) is 12.1 Å². The zero-order chi connectivity index (χ0) is 29.4. The fraction of sp³-hybridized carbons (Fsp3) is 0.258. The largest absolute Gasteiger partial charge is 0.467 e. The van der Waals surface area contributed by atoms with E-state index in [0.717, 1.165) is 37.5 Å². The topological polar surface area (TPSA) is 87.7 Å². The van der Waals surface area contributed by atoms with Gasteiger partial charge in [-0.25, -0.2) is 14.0 Å². The molecule has 0 heterocycles. The number of alkyl halides is 1. The minimum atomic E-state index is -1.95. The Bertz CT molecular complexity index is 1410. The van der Waals surface area contributed by atoms with Gasteiger partial charge in [-0.2, -0.15) is 0 Å². The number of rotatable bonds is 9. The number of hydrogen-bond acceptors (Lipinski definition) is 4. The summed E-state index contributed by atoms with van der Waals surface area (Å²) < 4.78 is 18.0. The van der Waals surface area contributed by atoms with E-state index in [2.05, 4.69) is 21.4 Å². The average molecular weight is 599 g/mol. The Morgan fingerprint density at radius 3 is 2.27 bits per heavy atom. The van der Waals surface area contributed by atoms with Gasteiger partial charge in [-0.15, -0.1) is 0 Å². The molecular weight excluding hydrogens is 568 g/mol. The van der Waals surface area contributed by atoms with Crippen molar-refractivity contribution in [3.63, 3.8) is 0 Å². The number of carbonyl (C=O) groups is 3. The van der Waals surface area contributed by atoms with Crippen molar-refractivity contribution in [2.75, 3.05) is 23.9 Å². The second-order valence-electron chi connectivity index (χ2n) is 9.59. The fourth-order valence-corrected chi connectivity index (χ4v) is 5.02. The lowest BCUT2D eigenvalue weighted by molar-refractivity contribution is -0.146. The predicted molar refractivity (Wildman–Crippen MR) is 160 cm³/mol. The molecule has 41 heavy (non-hydrogen) atoms. The van der Waals surface area contributed by atoms with E-state index in [1.807, 2.05) is 24.3 Å². The minimum absolute atomic E-state index is 0.193. The Morgan fingerprint density at radius 2 is 1.66 bits per heavy atom. The van der Waals surface area contributed by atoms with Crippen LogP contribution in [0.15, 0.2) is 72.8 Å². The van der Waals surface area contributed by atoms with Crippen molar-refractivity contribution in [2.24, 2.45) is 0 Å². The first-order valence-electron chi connectivity index (χ1n) is 13.2. The fourth-order valence-electron chi connectivity index (χ4n) is 4.49. The summed E-state index contributed by atoms with van der Waals surface area (Å²) in [7, 11) is 1.08. The molecule has 1 unspecified atom stereocenters. The van der Waals surface area contributed by atoms with E-state index in [1.54, 1.807) is 47.4 Å². The third-order valence-corrected chi connectivity index (χ3v) is 7.09. The van der Waals surface area contributed by atoms with Gasteiger partial charge in [0, 0.05) is 27.0 Å². The van der Waals surface area contributed by atoms with E-state index in [4.69, 9.17) is 23.2 Å². The lowest BCUT2D eigenvalue weighted by Crippen LogP contribution is -2.35. The maximum absolute atomic E-state index is 13.7. The number of benzene rings is 3. The molecule has 7 nitrogen and oxygen atoms in total. The number of methoxy groups -OCH3 is 1. The molecular formula is C31H30Cl2FN3O4. The van der Waals surface area contributed by atoms with E-state index in [0.29, 0.717) is 21.4 Å². The monoisotopic (exact) mass is 597 g/mol. The molecule has 0 spiro atoms. The SMILES string of the molecule is COC(=O)C(F)CNC(=O)c1ccc(CN(C(=O)Nc2cc(Cl)cc(Cl)c2)c2ccc(C3=CCCCC3)cc2)cc1. The number of amides is 3. The average Bonchev–Trinajstić information content (AvgIpc) is 2.98. The molecule has 1 aliphatic rings. The van der Waals surface area contributed by atoms with Crippen LogP contribution >= 0.6 is 23.2 Å². The summed E-state index contributed by atoms with van der Waals surface area (Å²) in [6.07, 6.45) is 4.79. The van der Waals surface area contributed by atoms with E-state index in [1.165, 1.54) is 12.0 Å². The van der Waals surface area contributed by atoms with Crippen molar-refractivity contribution in [2.45, 2.75) is 38.4 Å². The lowest BCUT2D eigenvalue weighted by atomic mass is 9.93. The van der Waals surface area contributed by atoms with Crippen LogP contribution in [0.3, 0.4) is 0 Å². The van der Waals surface area contributed by atoms with Gasteiger partial charge in [0.1, 0.15) is 0 Å². The maximum Gasteiger partial charge on any atom is 0.342 e. The van der Waals surface area contributed by atoms with Gasteiger partial charge >= 0.3 is 12.0 Å². The molecule has 1 atom stereocenters. The summed E-state index contributed by atoms with van der Waals surface area (Å²) in [6.45, 7) is -0.305. The number of carbonyl (C=O) groups excluding carboxylic acids is 3. The van der Waals surface area contributed by atoms with Gasteiger partial charge in [-0.3, -0.25) is 9.69 Å². The number of urea groups is 1. The van der Waals surface area contributed by atoms with Gasteiger partial charge in [0.2, 0.25) is 6.17 Å². The zero-order valence-corrected chi connectivity index (χ0v) is 24.0. The van der Waals surface area contributed by atoms with Crippen molar-refractivity contribution >= 4 is 58.1 Å². The number of anilines is 2. The van der Waals surface area contributed by atoms with E-state index in [9.17, 15) is 18.8 Å². The molecule has 1 aliphatic carbocycles. The van der Waals surface area contributed by atoms with Crippen molar-refractivity contribution < 1.29 is 23.5 Å². The van der Waals surface area contributed by atoms with Crippen molar-refractivity contribution in [3.8, 4) is 0 Å². The second-order valence-corrected chi connectivity index (χ2v) is 10.5. The smallest absolute Gasteiger partial charge is 0.342 e. The van der Waals surface area contributed by atoms with E-state index < -0.39 is 30.6 Å². The van der Waals surface area contributed by atoms with Crippen LogP contribution < -0.4 is 15.5 Å². The summed E-state index contributed by atoms with van der Waals surface area (Å²) >= 11 is 12.2. The normalized spacial score (nSPS) is 13.5. The molecule has 2 N–H and O–H groups in total. The molecule has 214 valence electrons.